The van der Waals surface area contributed by atoms with Gasteiger partial charge in [0.2, 0.25) is 0 Å². The lowest BCUT2D eigenvalue weighted by Crippen LogP contribution is -2.10. The molecule has 11 aromatic rings. The summed E-state index contributed by atoms with van der Waals surface area (Å²) in [5.41, 5.74) is 21.0. The number of nitrogens with zero attached hydrogens (tertiary/aromatic N) is 1. The molecule has 0 radical (unpaired) electrons. The Balaban J connectivity index is 0.953. The minimum atomic E-state index is 0.631. The van der Waals surface area contributed by atoms with E-state index in [-0.39, 0.29) is 0 Å². The third-order valence-corrected chi connectivity index (χ3v) is 13.7. The van der Waals surface area contributed by atoms with Gasteiger partial charge in [-0.05, 0) is 142 Å². The number of benzene rings is 10. The SMILES string of the molecule is CPc1cc(-c2cccc(-c3cccc4c3[nH]c3ccccc34)c2)ccc1-c1ccc(N(c2ccc(-c3ccccc3C)cc2)c2ccc(Nc3ccccc3)c(-c3ccccc3)c2)cc1. The minimum Gasteiger partial charge on any atom is -0.355 e. The van der Waals surface area contributed by atoms with E-state index in [1.165, 1.54) is 71.7 Å². The van der Waals surface area contributed by atoms with Crippen LogP contribution >= 0.6 is 8.58 Å². The molecule has 66 heavy (non-hydrogen) atoms. The van der Waals surface area contributed by atoms with Crippen LogP contribution in [0.4, 0.5) is 28.4 Å². The van der Waals surface area contributed by atoms with Gasteiger partial charge in [-0.1, -0.05) is 172 Å². The van der Waals surface area contributed by atoms with Gasteiger partial charge in [-0.25, -0.2) is 0 Å². The Labute approximate surface area is 388 Å². The maximum atomic E-state index is 3.70. The van der Waals surface area contributed by atoms with Crippen molar-refractivity contribution in [2.45, 2.75) is 6.92 Å². The summed E-state index contributed by atoms with van der Waals surface area (Å²) >= 11 is 0. The summed E-state index contributed by atoms with van der Waals surface area (Å²) in [6.07, 6.45) is 0. The van der Waals surface area contributed by atoms with Gasteiger partial charge >= 0.3 is 0 Å². The van der Waals surface area contributed by atoms with Crippen molar-refractivity contribution in [3.8, 4) is 55.6 Å². The van der Waals surface area contributed by atoms with Crippen LogP contribution in [0.1, 0.15) is 5.56 Å². The van der Waals surface area contributed by atoms with Crippen LogP contribution in [0.25, 0.3) is 77.4 Å². The Kier molecular flexibility index (Phi) is 11.1. The van der Waals surface area contributed by atoms with Crippen molar-refractivity contribution in [1.29, 1.82) is 0 Å². The number of hydrogen-bond acceptors (Lipinski definition) is 2. The first-order valence-electron chi connectivity index (χ1n) is 22.6. The van der Waals surface area contributed by atoms with E-state index in [9.17, 15) is 0 Å². The number of hydrogen-bond donors (Lipinski definition) is 2. The fraction of sp³-hybridized carbons (Fsp3) is 0.0323. The molecule has 2 N–H and O–H groups in total. The molecule has 1 unspecified atom stereocenters. The number of rotatable bonds is 11. The van der Waals surface area contributed by atoms with E-state index < -0.39 is 0 Å². The maximum absolute atomic E-state index is 3.70. The van der Waals surface area contributed by atoms with Crippen molar-refractivity contribution in [1.82, 2.24) is 4.98 Å². The molecule has 10 aromatic carbocycles. The summed E-state index contributed by atoms with van der Waals surface area (Å²) in [6.45, 7) is 4.46. The molecule has 0 spiro atoms. The zero-order valence-corrected chi connectivity index (χ0v) is 38.0. The van der Waals surface area contributed by atoms with Crippen LogP contribution in [-0.4, -0.2) is 11.6 Å². The van der Waals surface area contributed by atoms with Crippen LogP contribution in [0.15, 0.2) is 237 Å². The topological polar surface area (TPSA) is 31.1 Å². The van der Waals surface area contributed by atoms with Gasteiger partial charge in [0.25, 0.3) is 0 Å². The Bertz CT molecular complexity index is 3480. The van der Waals surface area contributed by atoms with Gasteiger partial charge in [0, 0.05) is 55.9 Å². The highest BCUT2D eigenvalue weighted by Crippen LogP contribution is 2.42. The summed E-state index contributed by atoms with van der Waals surface area (Å²) in [5, 5.41) is 7.56. The molecule has 1 heterocycles. The molecule has 0 aliphatic heterocycles. The maximum Gasteiger partial charge on any atom is 0.0544 e. The molecular formula is C62H48N3P. The average Bonchev–Trinajstić information content (AvgIpc) is 3.77. The van der Waals surface area contributed by atoms with Gasteiger partial charge in [0.05, 0.1) is 5.52 Å². The number of fused-ring (bicyclic) bond motifs is 3. The van der Waals surface area contributed by atoms with E-state index >= 15 is 0 Å². The van der Waals surface area contributed by atoms with E-state index in [0.717, 1.165) is 45.1 Å². The molecule has 0 bridgehead atoms. The molecule has 1 aromatic heterocycles. The van der Waals surface area contributed by atoms with Gasteiger partial charge in [-0.3, -0.25) is 0 Å². The normalized spacial score (nSPS) is 11.4. The van der Waals surface area contributed by atoms with Crippen molar-refractivity contribution < 1.29 is 0 Å². The first-order valence-corrected chi connectivity index (χ1v) is 24.1. The van der Waals surface area contributed by atoms with E-state index in [4.69, 9.17) is 0 Å². The molecule has 0 saturated heterocycles. The summed E-state index contributed by atoms with van der Waals surface area (Å²) in [4.78, 5) is 6.08. The fourth-order valence-corrected chi connectivity index (χ4v) is 10.2. The molecule has 0 fully saturated rings. The lowest BCUT2D eigenvalue weighted by molar-refractivity contribution is 1.28. The summed E-state index contributed by atoms with van der Waals surface area (Å²) in [7, 11) is 0.631. The third kappa shape index (κ3) is 7.96. The van der Waals surface area contributed by atoms with Crippen molar-refractivity contribution in [2.75, 3.05) is 16.9 Å². The predicted molar refractivity (Wildman–Crippen MR) is 286 cm³/mol. The monoisotopic (exact) mass is 865 g/mol. The standard InChI is InChI=1S/C62H48N3P/c1-42-15-9-10-22-53(42)44-27-32-50(33-28-44)65(52-36-38-60(63-49-20-7-4-8-21-49)58(41-52)43-16-5-3-6-17-43)51-34-29-45(30-35-51)54-37-31-47(40-61(54)66-2)46-18-13-19-48(39-46)55-24-14-25-57-56-23-11-12-26-59(56)64-62(55)57/h3-41,63-64,66H,1-2H3. The third-order valence-electron chi connectivity index (χ3n) is 12.8. The second kappa shape index (κ2) is 17.9. The Morgan fingerprint density at radius 2 is 0.955 bits per heavy atom. The molecular weight excluding hydrogens is 818 g/mol. The summed E-state index contributed by atoms with van der Waals surface area (Å²) in [6, 6.07) is 85.6. The average molecular weight is 866 g/mol. The number of aromatic amines is 1. The van der Waals surface area contributed by atoms with Crippen molar-refractivity contribution in [2.24, 2.45) is 0 Å². The first kappa shape index (κ1) is 40.8. The van der Waals surface area contributed by atoms with E-state index in [0.29, 0.717) is 8.58 Å². The van der Waals surface area contributed by atoms with E-state index in [1.807, 2.05) is 6.07 Å². The molecule has 0 saturated carbocycles. The van der Waals surface area contributed by atoms with Crippen LogP contribution in [0.5, 0.6) is 0 Å². The molecule has 0 amide bonds. The van der Waals surface area contributed by atoms with Crippen molar-refractivity contribution >= 4 is 64.1 Å². The second-order valence-corrected chi connectivity index (χ2v) is 17.9. The minimum absolute atomic E-state index is 0.631. The molecule has 0 aliphatic carbocycles. The van der Waals surface area contributed by atoms with Crippen molar-refractivity contribution in [3.63, 3.8) is 0 Å². The lowest BCUT2D eigenvalue weighted by atomic mass is 9.96. The van der Waals surface area contributed by atoms with Crippen LogP contribution in [0.2, 0.25) is 0 Å². The van der Waals surface area contributed by atoms with Crippen LogP contribution in [-0.2, 0) is 0 Å². The van der Waals surface area contributed by atoms with Crippen LogP contribution < -0.4 is 15.5 Å². The molecule has 3 nitrogen and oxygen atoms in total. The largest absolute Gasteiger partial charge is 0.355 e. The first-order chi connectivity index (χ1) is 32.6. The second-order valence-electron chi connectivity index (χ2n) is 16.8. The fourth-order valence-electron chi connectivity index (χ4n) is 9.40. The van der Waals surface area contributed by atoms with Gasteiger partial charge in [-0.2, -0.15) is 0 Å². The summed E-state index contributed by atoms with van der Waals surface area (Å²) < 4.78 is 0. The van der Waals surface area contributed by atoms with Gasteiger partial charge in [0.15, 0.2) is 0 Å². The van der Waals surface area contributed by atoms with Crippen molar-refractivity contribution in [3.05, 3.63) is 242 Å². The number of aryl methyl sites for hydroxylation is 1. The Morgan fingerprint density at radius 3 is 1.71 bits per heavy atom. The van der Waals surface area contributed by atoms with Crippen LogP contribution in [0.3, 0.4) is 0 Å². The molecule has 11 rings (SSSR count). The number of para-hydroxylation sites is 3. The molecule has 1 atom stereocenters. The number of anilines is 5. The number of aromatic nitrogens is 1. The smallest absolute Gasteiger partial charge is 0.0544 e. The summed E-state index contributed by atoms with van der Waals surface area (Å²) in [5.74, 6) is 0. The highest BCUT2D eigenvalue weighted by atomic mass is 31.1. The van der Waals surface area contributed by atoms with Gasteiger partial charge in [0.1, 0.15) is 0 Å². The van der Waals surface area contributed by atoms with E-state index in [1.54, 1.807) is 0 Å². The zero-order chi connectivity index (χ0) is 44.4. The molecule has 4 heteroatoms. The quantitative estimate of drug-likeness (QED) is 0.127. The lowest BCUT2D eigenvalue weighted by Gasteiger charge is -2.27. The Morgan fingerprint density at radius 1 is 0.394 bits per heavy atom. The highest BCUT2D eigenvalue weighted by molar-refractivity contribution is 7.46. The molecule has 316 valence electrons. The predicted octanol–water partition coefficient (Wildman–Crippen LogP) is 17.1. The molecule has 0 aliphatic rings. The zero-order valence-electron chi connectivity index (χ0n) is 37.0. The number of nitrogens with one attached hydrogen (secondary N) is 2. The van der Waals surface area contributed by atoms with Gasteiger partial charge in [-0.15, -0.1) is 0 Å². The number of H-pyrrole nitrogens is 1. The van der Waals surface area contributed by atoms with Gasteiger partial charge < -0.3 is 15.2 Å². The van der Waals surface area contributed by atoms with Crippen LogP contribution in [0, 0.1) is 6.92 Å². The Hall–Kier alpha value is -7.97. The highest BCUT2D eigenvalue weighted by Gasteiger charge is 2.18. The van der Waals surface area contributed by atoms with E-state index in [2.05, 4.69) is 259 Å².